The molecule has 1 atom stereocenters. The smallest absolute Gasteiger partial charge is 0.258 e. The van der Waals surface area contributed by atoms with E-state index >= 15 is 0 Å². The number of nitro benzene ring substituents is 1. The Morgan fingerprint density at radius 3 is 2.45 bits per heavy atom. The van der Waals surface area contributed by atoms with Crippen LogP contribution in [0.3, 0.4) is 0 Å². The minimum absolute atomic E-state index is 0.0312. The van der Waals surface area contributed by atoms with Crippen molar-refractivity contribution in [1.29, 1.82) is 0 Å². The molecule has 20 heavy (non-hydrogen) atoms. The van der Waals surface area contributed by atoms with Crippen molar-refractivity contribution in [2.75, 3.05) is 0 Å². The van der Waals surface area contributed by atoms with E-state index in [1.54, 1.807) is 30.3 Å². The summed E-state index contributed by atoms with van der Waals surface area (Å²) in [6.07, 6.45) is -0.0312. The fourth-order valence-corrected chi connectivity index (χ4v) is 2.26. The topological polar surface area (TPSA) is 43.1 Å². The van der Waals surface area contributed by atoms with Crippen LogP contribution < -0.4 is 0 Å². The summed E-state index contributed by atoms with van der Waals surface area (Å²) in [7, 11) is 0. The van der Waals surface area contributed by atoms with E-state index in [1.165, 1.54) is 0 Å². The minimum Gasteiger partial charge on any atom is -0.258 e. The van der Waals surface area contributed by atoms with Gasteiger partial charge in [-0.2, -0.15) is 4.39 Å². The Bertz CT molecular complexity index is 635. The van der Waals surface area contributed by atoms with E-state index in [0.29, 0.717) is 6.07 Å². The van der Waals surface area contributed by atoms with Crippen molar-refractivity contribution >= 4 is 17.3 Å². The van der Waals surface area contributed by atoms with E-state index in [1.807, 2.05) is 0 Å². The van der Waals surface area contributed by atoms with Gasteiger partial charge in [0.1, 0.15) is 5.82 Å². The lowest BCUT2D eigenvalue weighted by Gasteiger charge is -2.10. The summed E-state index contributed by atoms with van der Waals surface area (Å²) in [6, 6.07) is 10.3. The van der Waals surface area contributed by atoms with Crippen molar-refractivity contribution in [3.63, 3.8) is 0 Å². The highest BCUT2D eigenvalue weighted by Gasteiger charge is 2.24. The molecule has 0 aromatic heterocycles. The minimum atomic E-state index is -1.19. The number of nitro groups is 1. The lowest BCUT2D eigenvalue weighted by atomic mass is 10.0. The number of benzene rings is 2. The fourth-order valence-electron chi connectivity index (χ4n) is 1.95. The van der Waals surface area contributed by atoms with Crippen molar-refractivity contribution in [1.82, 2.24) is 0 Å². The Morgan fingerprint density at radius 1 is 1.20 bits per heavy atom. The van der Waals surface area contributed by atoms with Gasteiger partial charge in [-0.15, -0.1) is 11.6 Å². The quantitative estimate of drug-likeness (QED) is 0.477. The molecule has 104 valence electrons. The summed E-state index contributed by atoms with van der Waals surface area (Å²) >= 11 is 6.15. The maximum absolute atomic E-state index is 13.5. The van der Waals surface area contributed by atoms with Crippen LogP contribution in [0.5, 0.6) is 0 Å². The molecule has 0 aliphatic heterocycles. The van der Waals surface area contributed by atoms with E-state index in [2.05, 4.69) is 0 Å². The SMILES string of the molecule is O=[N+]([O-])c1c(F)cc(F)cc1CC(Cl)c1ccccc1. The molecule has 2 aromatic carbocycles. The first-order valence-electron chi connectivity index (χ1n) is 5.80. The molecule has 1 unspecified atom stereocenters. The largest absolute Gasteiger partial charge is 0.308 e. The Hall–Kier alpha value is -2.01. The Morgan fingerprint density at radius 2 is 1.85 bits per heavy atom. The fraction of sp³-hybridized carbons (Fsp3) is 0.143. The van der Waals surface area contributed by atoms with Gasteiger partial charge in [0, 0.05) is 11.6 Å². The van der Waals surface area contributed by atoms with Crippen LogP contribution in [-0.4, -0.2) is 4.92 Å². The average Bonchev–Trinajstić information content (AvgIpc) is 2.38. The summed E-state index contributed by atoms with van der Waals surface area (Å²) in [6.45, 7) is 0. The third-order valence-corrected chi connectivity index (χ3v) is 3.26. The zero-order valence-electron chi connectivity index (χ0n) is 10.2. The molecule has 0 radical (unpaired) electrons. The number of hydrogen-bond acceptors (Lipinski definition) is 2. The van der Waals surface area contributed by atoms with Gasteiger partial charge in [-0.05, 0) is 18.1 Å². The zero-order chi connectivity index (χ0) is 14.7. The molecule has 0 bridgehead atoms. The molecule has 6 heteroatoms. The van der Waals surface area contributed by atoms with E-state index < -0.39 is 27.6 Å². The van der Waals surface area contributed by atoms with E-state index in [0.717, 1.165) is 11.6 Å². The first-order chi connectivity index (χ1) is 9.49. The predicted octanol–water partition coefficient (Wildman–Crippen LogP) is 4.40. The molecule has 0 N–H and O–H groups in total. The second kappa shape index (κ2) is 5.96. The van der Waals surface area contributed by atoms with Crippen LogP contribution in [0.15, 0.2) is 42.5 Å². The van der Waals surface area contributed by atoms with Crippen molar-refractivity contribution in [3.8, 4) is 0 Å². The molecule has 0 aliphatic rings. The van der Waals surface area contributed by atoms with Gasteiger partial charge in [-0.25, -0.2) is 4.39 Å². The predicted molar refractivity (Wildman–Crippen MR) is 71.8 cm³/mol. The second-order valence-electron chi connectivity index (χ2n) is 4.23. The highest BCUT2D eigenvalue weighted by Crippen LogP contribution is 2.31. The number of rotatable bonds is 4. The van der Waals surface area contributed by atoms with Crippen molar-refractivity contribution < 1.29 is 13.7 Å². The van der Waals surface area contributed by atoms with Gasteiger partial charge in [0.25, 0.3) is 0 Å². The summed E-state index contributed by atoms with van der Waals surface area (Å²) in [5.74, 6) is -2.05. The van der Waals surface area contributed by atoms with Gasteiger partial charge in [0.2, 0.25) is 5.82 Å². The van der Waals surface area contributed by atoms with Crippen LogP contribution in [0, 0.1) is 21.7 Å². The standard InChI is InChI=1S/C14H10ClF2NO2/c15-12(9-4-2-1-3-5-9)7-10-6-11(16)8-13(17)14(10)18(19)20/h1-6,8,12H,7H2. The van der Waals surface area contributed by atoms with Crippen LogP contribution in [0.2, 0.25) is 0 Å². The number of alkyl halides is 1. The van der Waals surface area contributed by atoms with Gasteiger partial charge >= 0.3 is 5.69 Å². The Labute approximate surface area is 119 Å². The van der Waals surface area contributed by atoms with Crippen LogP contribution >= 0.6 is 11.6 Å². The molecule has 0 heterocycles. The monoisotopic (exact) mass is 297 g/mol. The maximum atomic E-state index is 13.5. The molecular formula is C14H10ClF2NO2. The lowest BCUT2D eigenvalue weighted by molar-refractivity contribution is -0.388. The molecular weight excluding hydrogens is 288 g/mol. The zero-order valence-corrected chi connectivity index (χ0v) is 11.0. The average molecular weight is 298 g/mol. The molecule has 0 amide bonds. The molecule has 0 saturated heterocycles. The van der Waals surface area contributed by atoms with Gasteiger partial charge in [0.05, 0.1) is 10.3 Å². The van der Waals surface area contributed by atoms with Crippen LogP contribution in [-0.2, 0) is 6.42 Å². The molecule has 2 aromatic rings. The summed E-state index contributed by atoms with van der Waals surface area (Å²) in [5.41, 5.74) is -0.0579. The molecule has 0 spiro atoms. The Balaban J connectivity index is 2.36. The van der Waals surface area contributed by atoms with Crippen molar-refractivity contribution in [3.05, 3.63) is 75.3 Å². The number of halogens is 3. The van der Waals surface area contributed by atoms with Crippen LogP contribution in [0.1, 0.15) is 16.5 Å². The summed E-state index contributed by atoms with van der Waals surface area (Å²) < 4.78 is 26.7. The van der Waals surface area contributed by atoms with Gasteiger partial charge in [0.15, 0.2) is 0 Å². The van der Waals surface area contributed by atoms with Gasteiger partial charge < -0.3 is 0 Å². The van der Waals surface area contributed by atoms with Crippen molar-refractivity contribution in [2.45, 2.75) is 11.8 Å². The van der Waals surface area contributed by atoms with E-state index in [9.17, 15) is 18.9 Å². The first-order valence-corrected chi connectivity index (χ1v) is 6.24. The number of nitrogens with zero attached hydrogens (tertiary/aromatic N) is 1. The number of hydrogen-bond donors (Lipinski definition) is 0. The summed E-state index contributed by atoms with van der Waals surface area (Å²) in [5, 5.41) is 10.3. The highest BCUT2D eigenvalue weighted by molar-refractivity contribution is 6.20. The molecule has 3 nitrogen and oxygen atoms in total. The molecule has 2 rings (SSSR count). The summed E-state index contributed by atoms with van der Waals surface area (Å²) in [4.78, 5) is 10.0. The third-order valence-electron chi connectivity index (χ3n) is 2.85. The maximum Gasteiger partial charge on any atom is 0.308 e. The molecule has 0 saturated carbocycles. The van der Waals surface area contributed by atoms with Crippen molar-refractivity contribution in [2.24, 2.45) is 0 Å². The van der Waals surface area contributed by atoms with Gasteiger partial charge in [-0.3, -0.25) is 10.1 Å². The van der Waals surface area contributed by atoms with Crippen LogP contribution in [0.25, 0.3) is 0 Å². The second-order valence-corrected chi connectivity index (χ2v) is 4.76. The first kappa shape index (κ1) is 14.4. The normalized spacial score (nSPS) is 12.2. The van der Waals surface area contributed by atoms with Crippen LogP contribution in [0.4, 0.5) is 14.5 Å². The molecule has 0 aliphatic carbocycles. The highest BCUT2D eigenvalue weighted by atomic mass is 35.5. The van der Waals surface area contributed by atoms with Gasteiger partial charge in [-0.1, -0.05) is 30.3 Å². The van der Waals surface area contributed by atoms with E-state index in [-0.39, 0.29) is 12.0 Å². The van der Waals surface area contributed by atoms with E-state index in [4.69, 9.17) is 11.6 Å². The lowest BCUT2D eigenvalue weighted by Crippen LogP contribution is -2.03. The Kier molecular flexibility index (Phi) is 4.29. The molecule has 0 fully saturated rings. The third kappa shape index (κ3) is 3.11.